The Morgan fingerprint density at radius 1 is 0.784 bits per heavy atom. The van der Waals surface area contributed by atoms with Gasteiger partial charge in [-0.15, -0.1) is 0 Å². The molecule has 1 aliphatic carbocycles. The van der Waals surface area contributed by atoms with Crippen molar-refractivity contribution in [3.8, 4) is 23.0 Å². The van der Waals surface area contributed by atoms with Crippen LogP contribution < -0.4 is 18.9 Å². The van der Waals surface area contributed by atoms with Crippen molar-refractivity contribution in [3.63, 3.8) is 0 Å². The molecule has 3 aromatic rings. The van der Waals surface area contributed by atoms with Crippen LogP contribution in [0.3, 0.4) is 0 Å². The Morgan fingerprint density at radius 3 is 1.81 bits per heavy atom. The summed E-state index contributed by atoms with van der Waals surface area (Å²) >= 11 is -0.428. The van der Waals surface area contributed by atoms with Gasteiger partial charge in [0, 0.05) is 0 Å². The van der Waals surface area contributed by atoms with E-state index in [-0.39, 0.29) is 6.42 Å². The van der Waals surface area contributed by atoms with Crippen LogP contribution in [0.1, 0.15) is 33.1 Å². The molecule has 0 saturated heterocycles. The van der Waals surface area contributed by atoms with Crippen LogP contribution in [-0.2, 0) is 25.5 Å². The van der Waals surface area contributed by atoms with Crippen molar-refractivity contribution in [2.24, 2.45) is 5.41 Å². The number of nitrogens with zero attached hydrogens (tertiary/aromatic N) is 2. The van der Waals surface area contributed by atoms with Crippen LogP contribution in [0.25, 0.3) is 0 Å². The number of carbonyl (C=O) groups excluding carboxylic acids is 2. The van der Waals surface area contributed by atoms with E-state index in [0.29, 0.717) is 34.1 Å². The van der Waals surface area contributed by atoms with Crippen LogP contribution >= 0.6 is 0 Å². The Labute approximate surface area is 220 Å². The molecule has 2 aromatic carbocycles. The van der Waals surface area contributed by atoms with Gasteiger partial charge >= 0.3 is 221 Å². The van der Waals surface area contributed by atoms with Crippen molar-refractivity contribution < 1.29 is 38.0 Å². The molecule has 0 amide bonds. The molecule has 0 N–H and O–H groups in total. The summed E-state index contributed by atoms with van der Waals surface area (Å²) in [5, 5.41) is 4.41. The Kier molecular flexibility index (Phi) is 7.75. The maximum atomic E-state index is 13.9. The minimum atomic E-state index is -1.78. The molecule has 0 bridgehead atoms. The summed E-state index contributed by atoms with van der Waals surface area (Å²) in [6.07, 6.45) is 0.282. The molecule has 1 aromatic heterocycles. The van der Waals surface area contributed by atoms with Crippen molar-refractivity contribution in [2.75, 3.05) is 42.7 Å². The summed E-state index contributed by atoms with van der Waals surface area (Å²) in [5.41, 5.74) is 0.280. The first kappa shape index (κ1) is 26.5. The van der Waals surface area contributed by atoms with Crippen molar-refractivity contribution in [1.82, 2.24) is 9.19 Å². The number of carbonyl (C=O) groups is 2. The number of hydrogen-bond acceptors (Lipinski definition) is 10. The van der Waals surface area contributed by atoms with Crippen LogP contribution in [-0.4, -0.2) is 78.5 Å². The standard InChI is InChI=1S/C26H28N2O8Se/c1-31-18-9-7-14(11-20(18)33-3)16-13-17-23(37-28-27-17)22(26(16,24(29)35-5)25(30)36-6)15-8-10-19(32-2)21(12-15)34-4/h7-12,16,22H,13H2,1-6H3. The third-order valence-electron chi connectivity index (χ3n) is 6.85. The van der Waals surface area contributed by atoms with Crippen LogP contribution in [0, 0.1) is 5.41 Å². The molecule has 1 heterocycles. The molecular formula is C26H28N2O8Se. The topological polar surface area (TPSA) is 115 Å². The SMILES string of the molecule is COC(=O)C1(C(=O)OC)C(c2ccc(OC)c(OC)c2)Cc2nn[se]c2C1c1ccc(OC)c(OC)c1. The predicted octanol–water partition coefficient (Wildman–Crippen LogP) is 2.37. The molecule has 196 valence electrons. The molecule has 0 spiro atoms. The first-order chi connectivity index (χ1) is 17.9. The first-order valence-corrected chi connectivity index (χ1v) is 12.9. The van der Waals surface area contributed by atoms with Gasteiger partial charge in [0.15, 0.2) is 0 Å². The van der Waals surface area contributed by atoms with Crippen LogP contribution in [0.15, 0.2) is 36.4 Å². The number of methoxy groups -OCH3 is 6. The zero-order valence-electron chi connectivity index (χ0n) is 21.4. The predicted molar refractivity (Wildman–Crippen MR) is 133 cm³/mol. The van der Waals surface area contributed by atoms with Gasteiger partial charge in [0.1, 0.15) is 0 Å². The summed E-state index contributed by atoms with van der Waals surface area (Å²) in [6.45, 7) is 0. The fourth-order valence-corrected chi connectivity index (χ4v) is 7.03. The van der Waals surface area contributed by atoms with Crippen molar-refractivity contribution in [1.29, 1.82) is 0 Å². The van der Waals surface area contributed by atoms with E-state index in [2.05, 4.69) is 9.19 Å². The van der Waals surface area contributed by atoms with Crippen LogP contribution in [0.2, 0.25) is 0 Å². The average Bonchev–Trinajstić information content (AvgIpc) is 3.42. The second-order valence-corrected chi connectivity index (χ2v) is 10.0. The van der Waals surface area contributed by atoms with Gasteiger partial charge in [-0.3, -0.25) is 0 Å². The molecule has 1 aliphatic rings. The monoisotopic (exact) mass is 576 g/mol. The fourth-order valence-electron chi connectivity index (χ4n) is 5.18. The summed E-state index contributed by atoms with van der Waals surface area (Å²) in [4.78, 5) is 27.8. The molecule has 0 aliphatic heterocycles. The zero-order chi connectivity index (χ0) is 26.7. The summed E-state index contributed by atoms with van der Waals surface area (Å²) in [6, 6.07) is 10.6. The van der Waals surface area contributed by atoms with Crippen molar-refractivity contribution >= 4 is 26.7 Å². The van der Waals surface area contributed by atoms with Crippen molar-refractivity contribution in [3.05, 3.63) is 57.7 Å². The fraction of sp³-hybridized carbons (Fsp3) is 0.385. The number of ether oxygens (including phenoxy) is 6. The molecule has 4 rings (SSSR count). The van der Waals surface area contributed by atoms with E-state index in [4.69, 9.17) is 28.4 Å². The van der Waals surface area contributed by atoms with E-state index in [1.807, 2.05) is 6.07 Å². The van der Waals surface area contributed by atoms with Gasteiger partial charge in [-0.2, -0.15) is 0 Å². The van der Waals surface area contributed by atoms with Gasteiger partial charge < -0.3 is 0 Å². The molecular weight excluding hydrogens is 547 g/mol. The maximum absolute atomic E-state index is 13.9. The van der Waals surface area contributed by atoms with E-state index >= 15 is 0 Å². The van der Waals surface area contributed by atoms with Crippen molar-refractivity contribution in [2.45, 2.75) is 18.3 Å². The quantitative estimate of drug-likeness (QED) is 0.225. The summed E-state index contributed by atoms with van der Waals surface area (Å²) in [5.74, 6) is -0.964. The van der Waals surface area contributed by atoms with Gasteiger partial charge in [-0.25, -0.2) is 0 Å². The molecule has 0 fully saturated rings. The molecule has 2 unspecified atom stereocenters. The van der Waals surface area contributed by atoms with Gasteiger partial charge in [0.05, 0.1) is 0 Å². The Balaban J connectivity index is 2.06. The Hall–Kier alpha value is -3.56. The third kappa shape index (κ3) is 4.22. The number of fused-ring (bicyclic) bond motifs is 1. The number of benzene rings is 2. The molecule has 2 atom stereocenters. The molecule has 10 nitrogen and oxygen atoms in total. The molecule has 0 saturated carbocycles. The number of hydrogen-bond donors (Lipinski definition) is 0. The van der Waals surface area contributed by atoms with Gasteiger partial charge in [0.2, 0.25) is 0 Å². The first-order valence-electron chi connectivity index (χ1n) is 11.3. The number of rotatable bonds is 8. The van der Waals surface area contributed by atoms with E-state index in [9.17, 15) is 9.59 Å². The van der Waals surface area contributed by atoms with Gasteiger partial charge in [-0.1, -0.05) is 0 Å². The van der Waals surface area contributed by atoms with Crippen LogP contribution in [0.5, 0.6) is 23.0 Å². The Morgan fingerprint density at radius 2 is 1.30 bits per heavy atom. The average molecular weight is 575 g/mol. The minimum absolute atomic E-state index is 0.282. The summed E-state index contributed by atoms with van der Waals surface area (Å²) in [7, 11) is 8.66. The van der Waals surface area contributed by atoms with E-state index < -0.39 is 43.9 Å². The molecule has 0 radical (unpaired) electrons. The van der Waals surface area contributed by atoms with E-state index in [1.54, 1.807) is 30.3 Å². The van der Waals surface area contributed by atoms with Gasteiger partial charge in [0.25, 0.3) is 0 Å². The van der Waals surface area contributed by atoms with Gasteiger partial charge in [-0.05, 0) is 0 Å². The summed E-state index contributed by atoms with van der Waals surface area (Å²) < 4.78 is 37.7. The van der Waals surface area contributed by atoms with E-state index in [0.717, 1.165) is 10.1 Å². The number of aromatic nitrogens is 2. The number of esters is 2. The van der Waals surface area contributed by atoms with E-state index in [1.165, 1.54) is 42.7 Å². The zero-order valence-corrected chi connectivity index (χ0v) is 23.1. The van der Waals surface area contributed by atoms with Crippen LogP contribution in [0.4, 0.5) is 0 Å². The second-order valence-electron chi connectivity index (χ2n) is 8.35. The normalized spacial score (nSPS) is 17.8. The molecule has 11 heteroatoms. The third-order valence-corrected chi connectivity index (χ3v) is 8.59. The Bertz CT molecular complexity index is 1290. The molecule has 37 heavy (non-hydrogen) atoms. The second kappa shape index (κ2) is 10.8.